The molecule has 0 aliphatic heterocycles. The molecule has 8 nitrogen and oxygen atoms in total. The maximum absolute atomic E-state index is 13.4. The van der Waals surface area contributed by atoms with Crippen LogP contribution in [-0.4, -0.2) is 40.6 Å². The molecule has 3 rings (SSSR count). The summed E-state index contributed by atoms with van der Waals surface area (Å²) in [7, 11) is -2.56. The number of rotatable bonds is 9. The highest BCUT2D eigenvalue weighted by Crippen LogP contribution is 2.26. The van der Waals surface area contributed by atoms with Crippen molar-refractivity contribution < 1.29 is 27.5 Å². The minimum Gasteiger partial charge on any atom is -0.497 e. The van der Waals surface area contributed by atoms with Gasteiger partial charge in [0, 0.05) is 5.69 Å². The lowest BCUT2D eigenvalue weighted by Crippen LogP contribution is -2.38. The molecule has 0 bridgehead atoms. The summed E-state index contributed by atoms with van der Waals surface area (Å²) in [6.07, 6.45) is 0. The number of carbonyl (C=O) groups is 2. The van der Waals surface area contributed by atoms with Crippen molar-refractivity contribution in [1.82, 2.24) is 0 Å². The number of nitrogens with zero attached hydrogens (tertiary/aromatic N) is 1. The molecule has 0 radical (unpaired) electrons. The van der Waals surface area contributed by atoms with E-state index in [-0.39, 0.29) is 33.5 Å². The molecule has 0 atom stereocenters. The molecule has 0 saturated carbocycles. The van der Waals surface area contributed by atoms with Crippen molar-refractivity contribution >= 4 is 44.9 Å². The van der Waals surface area contributed by atoms with E-state index < -0.39 is 28.4 Å². The minimum atomic E-state index is -4.06. The average Bonchev–Trinajstić information content (AvgIpc) is 2.84. The van der Waals surface area contributed by atoms with E-state index in [1.807, 2.05) is 0 Å². The second kappa shape index (κ2) is 11.0. The van der Waals surface area contributed by atoms with Crippen molar-refractivity contribution in [3.63, 3.8) is 0 Å². The quantitative estimate of drug-likeness (QED) is 0.436. The molecule has 0 fully saturated rings. The predicted octanol–water partition coefficient (Wildman–Crippen LogP) is 4.36. The van der Waals surface area contributed by atoms with Crippen LogP contribution in [0.3, 0.4) is 0 Å². The first-order valence-corrected chi connectivity index (χ1v) is 12.1. The van der Waals surface area contributed by atoms with Crippen LogP contribution in [0.5, 0.6) is 5.75 Å². The summed E-state index contributed by atoms with van der Waals surface area (Å²) in [5.74, 6) is -0.708. The highest BCUT2D eigenvalue weighted by atomic mass is 35.5. The number of amides is 1. The van der Waals surface area contributed by atoms with Gasteiger partial charge >= 0.3 is 5.97 Å². The fourth-order valence-electron chi connectivity index (χ4n) is 3.08. The van der Waals surface area contributed by atoms with Crippen molar-refractivity contribution in [1.29, 1.82) is 0 Å². The van der Waals surface area contributed by atoms with Crippen molar-refractivity contribution in [3.8, 4) is 5.75 Å². The minimum absolute atomic E-state index is 0.0368. The van der Waals surface area contributed by atoms with Gasteiger partial charge in [0.15, 0.2) is 0 Å². The van der Waals surface area contributed by atoms with Gasteiger partial charge in [-0.25, -0.2) is 13.2 Å². The maximum atomic E-state index is 13.4. The Hall–Kier alpha value is -3.56. The lowest BCUT2D eigenvalue weighted by molar-refractivity contribution is -0.114. The number of sulfonamides is 1. The largest absolute Gasteiger partial charge is 0.497 e. The first-order chi connectivity index (χ1) is 16.3. The molecule has 0 saturated heterocycles. The van der Waals surface area contributed by atoms with E-state index in [1.54, 1.807) is 49.4 Å². The van der Waals surface area contributed by atoms with Gasteiger partial charge in [0.25, 0.3) is 10.0 Å². The van der Waals surface area contributed by atoms with E-state index in [4.69, 9.17) is 21.1 Å². The number of carbonyl (C=O) groups excluding carboxylic acids is 2. The Bertz CT molecular complexity index is 1260. The Balaban J connectivity index is 1.90. The van der Waals surface area contributed by atoms with Crippen molar-refractivity contribution in [2.75, 3.05) is 29.9 Å². The number of benzene rings is 3. The van der Waals surface area contributed by atoms with Crippen molar-refractivity contribution in [2.45, 2.75) is 11.8 Å². The summed E-state index contributed by atoms with van der Waals surface area (Å²) in [5.41, 5.74) is 0.637. The van der Waals surface area contributed by atoms with E-state index in [0.717, 1.165) is 4.31 Å². The summed E-state index contributed by atoms with van der Waals surface area (Å²) in [4.78, 5) is 25.0. The molecule has 178 valence electrons. The van der Waals surface area contributed by atoms with Gasteiger partial charge in [-0.1, -0.05) is 29.8 Å². The Morgan fingerprint density at radius 1 is 1.00 bits per heavy atom. The highest BCUT2D eigenvalue weighted by molar-refractivity contribution is 7.92. The van der Waals surface area contributed by atoms with Crippen LogP contribution in [0, 0.1) is 0 Å². The zero-order valence-corrected chi connectivity index (χ0v) is 20.1. The zero-order chi connectivity index (χ0) is 24.7. The number of hydrogen-bond acceptors (Lipinski definition) is 6. The SMILES string of the molecule is CCOC(=O)c1cc(NC(=O)CN(c2ccc(OC)cc2)S(=O)(=O)c2ccccc2)ccc1Cl. The fourth-order valence-corrected chi connectivity index (χ4v) is 4.72. The topological polar surface area (TPSA) is 102 Å². The van der Waals surface area contributed by atoms with Crippen LogP contribution < -0.4 is 14.4 Å². The highest BCUT2D eigenvalue weighted by Gasteiger charge is 2.27. The van der Waals surface area contributed by atoms with E-state index in [0.29, 0.717) is 5.75 Å². The van der Waals surface area contributed by atoms with Gasteiger partial charge in [-0.2, -0.15) is 0 Å². The van der Waals surface area contributed by atoms with Crippen LogP contribution in [-0.2, 0) is 19.6 Å². The van der Waals surface area contributed by atoms with Crippen LogP contribution in [0.1, 0.15) is 17.3 Å². The van der Waals surface area contributed by atoms with Gasteiger partial charge in [-0.05, 0) is 61.5 Å². The number of halogens is 1. The Morgan fingerprint density at radius 2 is 1.68 bits per heavy atom. The standard InChI is InChI=1S/C24H23ClN2O6S/c1-3-33-24(29)21-15-17(9-14-22(21)25)26-23(28)16-27(18-10-12-19(32-2)13-11-18)34(30,31)20-7-5-4-6-8-20/h4-15H,3,16H2,1-2H3,(H,26,28). The van der Waals surface area contributed by atoms with E-state index in [1.165, 1.54) is 37.4 Å². The first-order valence-electron chi connectivity index (χ1n) is 10.2. The average molecular weight is 503 g/mol. The Labute approximate surface area is 203 Å². The lowest BCUT2D eigenvalue weighted by atomic mass is 10.2. The fraction of sp³-hybridized carbons (Fsp3) is 0.167. The van der Waals surface area contributed by atoms with Crippen LogP contribution in [0.25, 0.3) is 0 Å². The van der Waals surface area contributed by atoms with Gasteiger partial charge in [0.2, 0.25) is 5.91 Å². The molecule has 3 aromatic carbocycles. The van der Waals surface area contributed by atoms with Gasteiger partial charge in [0.05, 0.1) is 34.9 Å². The van der Waals surface area contributed by atoms with Crippen LogP contribution in [0.15, 0.2) is 77.7 Å². The molecule has 0 aromatic heterocycles. The Kier molecular flexibility index (Phi) is 8.14. The van der Waals surface area contributed by atoms with Crippen molar-refractivity contribution in [3.05, 3.63) is 83.4 Å². The van der Waals surface area contributed by atoms with Crippen molar-refractivity contribution in [2.24, 2.45) is 0 Å². The summed E-state index contributed by atoms with van der Waals surface area (Å²) < 4.78 is 37.9. The summed E-state index contributed by atoms with van der Waals surface area (Å²) in [6, 6.07) is 18.4. The zero-order valence-electron chi connectivity index (χ0n) is 18.5. The number of anilines is 2. The molecule has 0 heterocycles. The summed E-state index contributed by atoms with van der Waals surface area (Å²) in [6.45, 7) is 1.32. The van der Waals surface area contributed by atoms with E-state index in [2.05, 4.69) is 5.32 Å². The molecule has 3 aromatic rings. The van der Waals surface area contributed by atoms with Gasteiger partial charge < -0.3 is 14.8 Å². The molecular weight excluding hydrogens is 480 g/mol. The third kappa shape index (κ3) is 5.86. The van der Waals surface area contributed by atoms with E-state index >= 15 is 0 Å². The molecule has 0 unspecified atom stereocenters. The Morgan fingerprint density at radius 3 is 2.29 bits per heavy atom. The smallest absolute Gasteiger partial charge is 0.339 e. The molecule has 0 aliphatic carbocycles. The van der Waals surface area contributed by atoms with Crippen LogP contribution in [0.2, 0.25) is 5.02 Å². The third-order valence-corrected chi connectivity index (χ3v) is 6.84. The number of ether oxygens (including phenoxy) is 2. The van der Waals surface area contributed by atoms with Gasteiger partial charge in [-0.3, -0.25) is 9.10 Å². The van der Waals surface area contributed by atoms with E-state index in [9.17, 15) is 18.0 Å². The second-order valence-electron chi connectivity index (χ2n) is 6.99. The van der Waals surface area contributed by atoms with Crippen LogP contribution in [0.4, 0.5) is 11.4 Å². The third-order valence-electron chi connectivity index (χ3n) is 4.72. The summed E-state index contributed by atoms with van der Waals surface area (Å²) >= 11 is 6.07. The van der Waals surface area contributed by atoms with Gasteiger partial charge in [0.1, 0.15) is 12.3 Å². The molecule has 34 heavy (non-hydrogen) atoms. The lowest BCUT2D eigenvalue weighted by Gasteiger charge is -2.24. The molecule has 1 amide bonds. The van der Waals surface area contributed by atoms with Gasteiger partial charge in [-0.15, -0.1) is 0 Å². The molecule has 10 heteroatoms. The number of esters is 1. The number of methoxy groups -OCH3 is 1. The predicted molar refractivity (Wildman–Crippen MR) is 130 cm³/mol. The second-order valence-corrected chi connectivity index (χ2v) is 9.26. The number of nitrogens with one attached hydrogen (secondary N) is 1. The molecule has 0 aliphatic rings. The molecular formula is C24H23ClN2O6S. The normalized spacial score (nSPS) is 10.9. The first kappa shape index (κ1) is 25.1. The van der Waals surface area contributed by atoms with Crippen LogP contribution >= 0.6 is 11.6 Å². The summed E-state index contributed by atoms with van der Waals surface area (Å²) in [5, 5.41) is 2.79. The molecule has 1 N–H and O–H groups in total. The number of hydrogen-bond donors (Lipinski definition) is 1. The monoisotopic (exact) mass is 502 g/mol. The maximum Gasteiger partial charge on any atom is 0.339 e. The molecule has 0 spiro atoms.